The maximum absolute atomic E-state index is 9.19. The molecule has 0 fully saturated rings. The second-order valence-electron chi connectivity index (χ2n) is 6.26. The number of likely N-dealkylation sites (N-methyl/N-ethyl adjacent to an activating group) is 1. The number of nitrogens with zero attached hydrogens (tertiary/aromatic N) is 2. The first-order chi connectivity index (χ1) is 11.6. The number of halogens is 1. The molecule has 0 aliphatic rings. The van der Waals surface area contributed by atoms with Crippen LogP contribution in [0.5, 0.6) is 0 Å². The van der Waals surface area contributed by atoms with Gasteiger partial charge in [0, 0.05) is 31.1 Å². The summed E-state index contributed by atoms with van der Waals surface area (Å²) in [6, 6.07) is 4.61. The molecule has 1 rings (SSSR count). The summed E-state index contributed by atoms with van der Waals surface area (Å²) in [5.41, 5.74) is 0. The highest BCUT2D eigenvalue weighted by atomic mass is 127. The summed E-state index contributed by atoms with van der Waals surface area (Å²) in [6.07, 6.45) is 3.07. The van der Waals surface area contributed by atoms with Crippen molar-refractivity contribution in [2.45, 2.75) is 39.2 Å². The maximum atomic E-state index is 9.19. The van der Waals surface area contributed by atoms with Gasteiger partial charge < -0.3 is 20.6 Å². The Morgan fingerprint density at radius 2 is 2.04 bits per heavy atom. The molecule has 1 heterocycles. The summed E-state index contributed by atoms with van der Waals surface area (Å²) in [5.74, 6) is 1.32. The number of hydrogen-bond donors (Lipinski definition) is 3. The molecule has 0 aliphatic heterocycles. The van der Waals surface area contributed by atoms with Crippen LogP contribution < -0.4 is 10.6 Å². The molecule has 0 bridgehead atoms. The Morgan fingerprint density at radius 1 is 1.28 bits per heavy atom. The van der Waals surface area contributed by atoms with Crippen molar-refractivity contribution in [2.24, 2.45) is 10.9 Å². The molecule has 3 N–H and O–H groups in total. The predicted molar refractivity (Wildman–Crippen MR) is 120 cm³/mol. The molecule has 0 aromatic carbocycles. The van der Waals surface area contributed by atoms with Crippen molar-refractivity contribution in [1.82, 2.24) is 15.5 Å². The van der Waals surface area contributed by atoms with E-state index >= 15 is 0 Å². The standard InChI is InChI=1S/C18H34N4OS.HI/c1-5-8-15(10-11-23)13-20-18(19-6-2)21-14-16(22(3)4)17-9-7-12-24-17;/h7,9,12,15-16,23H,5-6,8,10-11,13-14H2,1-4H3,(H2,19,20,21);1H. The summed E-state index contributed by atoms with van der Waals surface area (Å²) in [6.45, 7) is 6.92. The Bertz CT molecular complexity index is 448. The van der Waals surface area contributed by atoms with Crippen LogP contribution in [0.25, 0.3) is 0 Å². The van der Waals surface area contributed by atoms with Crippen molar-refractivity contribution in [3.8, 4) is 0 Å². The van der Waals surface area contributed by atoms with Crippen molar-refractivity contribution in [1.29, 1.82) is 0 Å². The maximum Gasteiger partial charge on any atom is 0.191 e. The van der Waals surface area contributed by atoms with Crippen molar-refractivity contribution >= 4 is 41.3 Å². The largest absolute Gasteiger partial charge is 0.396 e. The van der Waals surface area contributed by atoms with Gasteiger partial charge in [-0.1, -0.05) is 19.4 Å². The van der Waals surface area contributed by atoms with E-state index in [1.165, 1.54) is 4.88 Å². The number of guanidine groups is 1. The van der Waals surface area contributed by atoms with E-state index in [1.54, 1.807) is 11.3 Å². The van der Waals surface area contributed by atoms with Gasteiger partial charge in [0.2, 0.25) is 0 Å². The minimum absolute atomic E-state index is 0. The van der Waals surface area contributed by atoms with Crippen molar-refractivity contribution < 1.29 is 5.11 Å². The predicted octanol–water partition coefficient (Wildman–Crippen LogP) is 3.32. The smallest absolute Gasteiger partial charge is 0.191 e. The molecule has 0 amide bonds. The molecule has 0 spiro atoms. The average molecular weight is 482 g/mol. The number of thiophene rings is 1. The normalized spacial score (nSPS) is 14.1. The first-order valence-corrected chi connectivity index (χ1v) is 9.83. The quantitative estimate of drug-likeness (QED) is 0.257. The molecule has 146 valence electrons. The van der Waals surface area contributed by atoms with Gasteiger partial charge in [0.15, 0.2) is 5.96 Å². The molecule has 0 aliphatic carbocycles. The van der Waals surface area contributed by atoms with Crippen LogP contribution in [0.2, 0.25) is 0 Å². The van der Waals surface area contributed by atoms with Gasteiger partial charge in [0.1, 0.15) is 0 Å². The third-order valence-corrected chi connectivity index (χ3v) is 5.02. The summed E-state index contributed by atoms with van der Waals surface area (Å²) < 4.78 is 0. The van der Waals surface area contributed by atoms with Crippen LogP contribution in [0.1, 0.15) is 44.0 Å². The van der Waals surface area contributed by atoms with Gasteiger partial charge in [-0.05, 0) is 51.2 Å². The minimum Gasteiger partial charge on any atom is -0.396 e. The molecular weight excluding hydrogens is 447 g/mol. The fourth-order valence-corrected chi connectivity index (χ4v) is 3.61. The lowest BCUT2D eigenvalue weighted by molar-refractivity contribution is 0.253. The monoisotopic (exact) mass is 482 g/mol. The molecule has 25 heavy (non-hydrogen) atoms. The van der Waals surface area contributed by atoms with Gasteiger partial charge in [-0.2, -0.15) is 0 Å². The fourth-order valence-electron chi connectivity index (χ4n) is 2.69. The Balaban J connectivity index is 0.00000576. The van der Waals surface area contributed by atoms with E-state index in [9.17, 15) is 5.11 Å². The van der Waals surface area contributed by atoms with E-state index in [1.807, 2.05) is 0 Å². The highest BCUT2D eigenvalue weighted by molar-refractivity contribution is 14.0. The van der Waals surface area contributed by atoms with Crippen LogP contribution in [-0.4, -0.2) is 56.3 Å². The van der Waals surface area contributed by atoms with Gasteiger partial charge in [-0.3, -0.25) is 4.99 Å². The Morgan fingerprint density at radius 3 is 2.56 bits per heavy atom. The van der Waals surface area contributed by atoms with Crippen LogP contribution >= 0.6 is 35.3 Å². The highest BCUT2D eigenvalue weighted by Crippen LogP contribution is 2.22. The Kier molecular flexibility index (Phi) is 14.5. The van der Waals surface area contributed by atoms with E-state index in [-0.39, 0.29) is 30.6 Å². The van der Waals surface area contributed by atoms with E-state index < -0.39 is 0 Å². The van der Waals surface area contributed by atoms with Gasteiger partial charge >= 0.3 is 0 Å². The van der Waals surface area contributed by atoms with Crippen molar-refractivity contribution in [3.63, 3.8) is 0 Å². The first-order valence-electron chi connectivity index (χ1n) is 8.95. The topological polar surface area (TPSA) is 59.9 Å². The van der Waals surface area contributed by atoms with Crippen LogP contribution in [0, 0.1) is 5.92 Å². The molecule has 1 aromatic heterocycles. The van der Waals surface area contributed by atoms with Gasteiger partial charge in [-0.25, -0.2) is 0 Å². The van der Waals surface area contributed by atoms with E-state index in [0.29, 0.717) is 12.0 Å². The second-order valence-corrected chi connectivity index (χ2v) is 7.24. The molecule has 0 radical (unpaired) electrons. The number of aliphatic hydroxyl groups excluding tert-OH is 1. The van der Waals surface area contributed by atoms with Crippen molar-refractivity contribution in [3.05, 3.63) is 22.4 Å². The molecule has 5 nitrogen and oxygen atoms in total. The number of aliphatic hydroxyl groups is 1. The SMILES string of the molecule is CCCC(CCO)CN=C(NCC)NCC(c1cccs1)N(C)C.I. The number of aliphatic imine (C=N–C) groups is 1. The lowest BCUT2D eigenvalue weighted by atomic mass is 10.0. The zero-order chi connectivity index (χ0) is 17.8. The van der Waals surface area contributed by atoms with Crippen LogP contribution in [-0.2, 0) is 0 Å². The first kappa shape index (κ1) is 24.6. The third-order valence-electron chi connectivity index (χ3n) is 4.04. The Labute approximate surface area is 174 Å². The summed E-state index contributed by atoms with van der Waals surface area (Å²) >= 11 is 1.79. The zero-order valence-electron chi connectivity index (χ0n) is 16.0. The number of hydrogen-bond acceptors (Lipinski definition) is 4. The average Bonchev–Trinajstić information content (AvgIpc) is 3.06. The van der Waals surface area contributed by atoms with Crippen LogP contribution in [0.3, 0.4) is 0 Å². The second kappa shape index (κ2) is 14.8. The molecule has 0 saturated carbocycles. The molecule has 2 atom stereocenters. The molecule has 1 aromatic rings. The molecule has 0 saturated heterocycles. The highest BCUT2D eigenvalue weighted by Gasteiger charge is 2.15. The van der Waals surface area contributed by atoms with Crippen molar-refractivity contribution in [2.75, 3.05) is 40.3 Å². The summed E-state index contributed by atoms with van der Waals surface area (Å²) in [4.78, 5) is 8.32. The number of rotatable bonds is 11. The minimum atomic E-state index is 0. The van der Waals surface area contributed by atoms with Crippen LogP contribution in [0.15, 0.2) is 22.5 Å². The fraction of sp³-hybridized carbons (Fsp3) is 0.722. The van der Waals surface area contributed by atoms with E-state index in [2.05, 4.69) is 61.0 Å². The summed E-state index contributed by atoms with van der Waals surface area (Å²) in [7, 11) is 4.21. The number of nitrogens with one attached hydrogen (secondary N) is 2. The molecule has 7 heteroatoms. The Hall–Kier alpha value is -0.380. The zero-order valence-corrected chi connectivity index (χ0v) is 19.1. The molecule has 2 unspecified atom stereocenters. The lowest BCUT2D eigenvalue weighted by Gasteiger charge is -2.25. The van der Waals surface area contributed by atoms with Gasteiger partial charge in [0.25, 0.3) is 0 Å². The van der Waals surface area contributed by atoms with E-state index in [4.69, 9.17) is 4.99 Å². The van der Waals surface area contributed by atoms with Gasteiger partial charge in [-0.15, -0.1) is 35.3 Å². The third kappa shape index (κ3) is 9.77. The van der Waals surface area contributed by atoms with Gasteiger partial charge in [0.05, 0.1) is 6.04 Å². The van der Waals surface area contributed by atoms with Crippen LogP contribution in [0.4, 0.5) is 0 Å². The lowest BCUT2D eigenvalue weighted by Crippen LogP contribution is -2.41. The molecular formula is C18H35IN4OS. The van der Waals surface area contributed by atoms with E-state index in [0.717, 1.165) is 44.9 Å². The summed E-state index contributed by atoms with van der Waals surface area (Å²) in [5, 5.41) is 18.1.